The topological polar surface area (TPSA) is 68.6 Å². The van der Waals surface area contributed by atoms with Crippen LogP contribution in [-0.4, -0.2) is 29.1 Å². The molecule has 2 atom stereocenters. The molecule has 3 rings (SSSR count). The van der Waals surface area contributed by atoms with Gasteiger partial charge in [0, 0.05) is 41.7 Å². The lowest BCUT2D eigenvalue weighted by Crippen LogP contribution is -2.40. The van der Waals surface area contributed by atoms with Crippen molar-refractivity contribution in [3.63, 3.8) is 0 Å². The Hall–Kier alpha value is -2.30. The summed E-state index contributed by atoms with van der Waals surface area (Å²) >= 11 is 0. The van der Waals surface area contributed by atoms with Crippen molar-refractivity contribution < 1.29 is 14.3 Å². The summed E-state index contributed by atoms with van der Waals surface area (Å²) < 4.78 is 5.35. The van der Waals surface area contributed by atoms with Gasteiger partial charge in [0.05, 0.1) is 6.61 Å². The molecule has 0 fully saturated rings. The Bertz CT molecular complexity index is 778. The predicted molar refractivity (Wildman–Crippen MR) is 99.9 cm³/mol. The first-order valence-electron chi connectivity index (χ1n) is 9.28. The van der Waals surface area contributed by atoms with Gasteiger partial charge in [-0.25, -0.2) is 0 Å². The fraction of sp³-hybridized carbons (Fsp3) is 0.524. The Labute approximate surface area is 154 Å². The molecule has 0 radical (unpaired) electrons. The molecule has 5 nitrogen and oxygen atoms in total. The van der Waals surface area contributed by atoms with Gasteiger partial charge >= 0.3 is 5.97 Å². The van der Waals surface area contributed by atoms with Crippen LogP contribution in [0.4, 0.5) is 0 Å². The van der Waals surface area contributed by atoms with Crippen molar-refractivity contribution in [3.05, 3.63) is 41.4 Å². The number of esters is 1. The van der Waals surface area contributed by atoms with Crippen molar-refractivity contribution in [1.29, 1.82) is 0 Å². The number of ketones is 1. The third-order valence-electron chi connectivity index (χ3n) is 5.12. The molecular formula is C21H26N2O3. The summed E-state index contributed by atoms with van der Waals surface area (Å²) in [5, 5.41) is 0. The summed E-state index contributed by atoms with van der Waals surface area (Å²) in [6.45, 7) is 8.27. The van der Waals surface area contributed by atoms with Gasteiger partial charge in [0.25, 0.3) is 0 Å². The van der Waals surface area contributed by atoms with E-state index in [1.807, 2.05) is 19.1 Å². The molecule has 0 saturated carbocycles. The maximum Gasteiger partial charge on any atom is 0.315 e. The monoisotopic (exact) mass is 354 g/mol. The Kier molecular flexibility index (Phi) is 5.08. The van der Waals surface area contributed by atoms with Gasteiger partial charge < -0.3 is 4.74 Å². The van der Waals surface area contributed by atoms with E-state index in [9.17, 15) is 9.59 Å². The molecule has 1 aliphatic carbocycles. The minimum Gasteiger partial charge on any atom is -0.465 e. The minimum atomic E-state index is -0.562. The van der Waals surface area contributed by atoms with Crippen LogP contribution >= 0.6 is 0 Å². The summed E-state index contributed by atoms with van der Waals surface area (Å²) in [5.41, 5.74) is 3.05. The van der Waals surface area contributed by atoms with E-state index < -0.39 is 5.92 Å². The van der Waals surface area contributed by atoms with Crippen LogP contribution in [0.2, 0.25) is 0 Å². The highest BCUT2D eigenvalue weighted by molar-refractivity contribution is 6.09. The first-order chi connectivity index (χ1) is 12.4. The SMILES string of the molecule is CCOC(=O)C1C(CC)=NC2=C(C(=O)CC(C)(C)C2)[C@H]1c1cccnc1. The van der Waals surface area contributed by atoms with Crippen molar-refractivity contribution in [3.8, 4) is 0 Å². The second kappa shape index (κ2) is 7.14. The fourth-order valence-electron chi connectivity index (χ4n) is 4.08. The van der Waals surface area contributed by atoms with Gasteiger partial charge in [-0.3, -0.25) is 19.6 Å². The van der Waals surface area contributed by atoms with Crippen LogP contribution in [-0.2, 0) is 14.3 Å². The molecule has 5 heteroatoms. The second-order valence-corrected chi connectivity index (χ2v) is 7.75. The van der Waals surface area contributed by atoms with Crippen molar-refractivity contribution in [2.24, 2.45) is 16.3 Å². The Morgan fingerprint density at radius 3 is 2.69 bits per heavy atom. The summed E-state index contributed by atoms with van der Waals surface area (Å²) in [6, 6.07) is 3.77. The van der Waals surface area contributed by atoms with E-state index in [1.54, 1.807) is 19.3 Å². The lowest BCUT2D eigenvalue weighted by atomic mass is 9.66. The van der Waals surface area contributed by atoms with E-state index in [0.717, 1.165) is 23.4 Å². The molecule has 1 aromatic heterocycles. The molecule has 2 heterocycles. The largest absolute Gasteiger partial charge is 0.465 e. The molecule has 0 aromatic carbocycles. The number of hydrogen-bond acceptors (Lipinski definition) is 5. The Balaban J connectivity index is 2.18. The lowest BCUT2D eigenvalue weighted by Gasteiger charge is -2.39. The molecule has 1 unspecified atom stereocenters. The van der Waals surface area contributed by atoms with Crippen LogP contribution in [0.5, 0.6) is 0 Å². The van der Waals surface area contributed by atoms with E-state index in [-0.39, 0.29) is 23.1 Å². The highest BCUT2D eigenvalue weighted by Crippen LogP contribution is 2.48. The highest BCUT2D eigenvalue weighted by atomic mass is 16.5. The van der Waals surface area contributed by atoms with Crippen LogP contribution in [0.15, 0.2) is 40.8 Å². The van der Waals surface area contributed by atoms with Gasteiger partial charge in [0.1, 0.15) is 5.92 Å². The molecule has 1 aromatic rings. The quantitative estimate of drug-likeness (QED) is 0.770. The molecule has 26 heavy (non-hydrogen) atoms. The fourth-order valence-corrected chi connectivity index (χ4v) is 4.08. The third kappa shape index (κ3) is 3.35. The van der Waals surface area contributed by atoms with Crippen molar-refractivity contribution in [2.75, 3.05) is 6.61 Å². The second-order valence-electron chi connectivity index (χ2n) is 7.75. The number of aromatic nitrogens is 1. The number of pyridine rings is 1. The van der Waals surface area contributed by atoms with Crippen LogP contribution in [0.25, 0.3) is 0 Å². The number of hydrogen-bond donors (Lipinski definition) is 0. The average molecular weight is 354 g/mol. The van der Waals surface area contributed by atoms with Gasteiger partial charge in [0.2, 0.25) is 0 Å². The molecule has 0 N–H and O–H groups in total. The number of aliphatic imine (C=N–C) groups is 1. The van der Waals surface area contributed by atoms with E-state index in [2.05, 4.69) is 18.8 Å². The maximum absolute atomic E-state index is 13.0. The first-order valence-corrected chi connectivity index (χ1v) is 9.28. The Morgan fingerprint density at radius 2 is 2.08 bits per heavy atom. The van der Waals surface area contributed by atoms with Crippen molar-refractivity contribution >= 4 is 17.5 Å². The summed E-state index contributed by atoms with van der Waals surface area (Å²) in [7, 11) is 0. The summed E-state index contributed by atoms with van der Waals surface area (Å²) in [6.07, 6.45) is 5.29. The van der Waals surface area contributed by atoms with Crippen LogP contribution in [0, 0.1) is 11.3 Å². The molecule has 0 amide bonds. The van der Waals surface area contributed by atoms with E-state index >= 15 is 0 Å². The van der Waals surface area contributed by atoms with Crippen LogP contribution < -0.4 is 0 Å². The number of carbonyl (C=O) groups excluding carboxylic acids is 2. The van der Waals surface area contributed by atoms with E-state index in [1.165, 1.54) is 0 Å². The van der Waals surface area contributed by atoms with Gasteiger partial charge in [-0.05, 0) is 36.8 Å². The van der Waals surface area contributed by atoms with Crippen molar-refractivity contribution in [2.45, 2.75) is 52.9 Å². The maximum atomic E-state index is 13.0. The molecule has 2 aliphatic rings. The predicted octanol–water partition coefficient (Wildman–Crippen LogP) is 3.85. The zero-order valence-corrected chi connectivity index (χ0v) is 15.9. The van der Waals surface area contributed by atoms with Crippen LogP contribution in [0.3, 0.4) is 0 Å². The molecule has 0 bridgehead atoms. The number of nitrogens with zero attached hydrogens (tertiary/aromatic N) is 2. The van der Waals surface area contributed by atoms with E-state index in [4.69, 9.17) is 9.73 Å². The molecule has 138 valence electrons. The molecule has 1 aliphatic heterocycles. The van der Waals surface area contributed by atoms with Crippen LogP contribution in [0.1, 0.15) is 58.4 Å². The lowest BCUT2D eigenvalue weighted by molar-refractivity contribution is -0.146. The van der Waals surface area contributed by atoms with Crippen molar-refractivity contribution in [1.82, 2.24) is 4.98 Å². The number of Topliss-reactive ketones (excluding diaryl/α,β-unsaturated/α-hetero) is 1. The van der Waals surface area contributed by atoms with Gasteiger partial charge in [-0.1, -0.05) is 26.8 Å². The summed E-state index contributed by atoms with van der Waals surface area (Å²) in [5.74, 6) is -1.16. The number of allylic oxidation sites excluding steroid dienone is 2. The number of rotatable bonds is 4. The van der Waals surface area contributed by atoms with E-state index in [0.29, 0.717) is 25.0 Å². The average Bonchev–Trinajstić information content (AvgIpc) is 2.59. The standard InChI is InChI=1S/C21H26N2O3/c1-5-14-19(20(25)26-6-2)17(13-8-7-9-22-12-13)18-15(23-14)10-21(3,4)11-16(18)24/h7-9,12,17,19H,5-6,10-11H2,1-4H3/t17-,19?/m1/s1. The molecular weight excluding hydrogens is 328 g/mol. The number of ether oxygens (including phenoxy) is 1. The first kappa shape index (κ1) is 18.5. The zero-order valence-electron chi connectivity index (χ0n) is 15.9. The molecule has 0 spiro atoms. The minimum absolute atomic E-state index is 0.0818. The normalized spacial score (nSPS) is 24.8. The van der Waals surface area contributed by atoms with Gasteiger partial charge in [0.15, 0.2) is 5.78 Å². The zero-order chi connectivity index (χ0) is 18.9. The third-order valence-corrected chi connectivity index (χ3v) is 5.12. The number of carbonyl (C=O) groups is 2. The Morgan fingerprint density at radius 1 is 1.31 bits per heavy atom. The summed E-state index contributed by atoms with van der Waals surface area (Å²) in [4.78, 5) is 34.9. The molecule has 0 saturated heterocycles. The smallest absolute Gasteiger partial charge is 0.315 e. The van der Waals surface area contributed by atoms with Gasteiger partial charge in [-0.15, -0.1) is 0 Å². The highest BCUT2D eigenvalue weighted by Gasteiger charge is 2.46. The van der Waals surface area contributed by atoms with Gasteiger partial charge in [-0.2, -0.15) is 0 Å².